The van der Waals surface area contributed by atoms with Crippen LogP contribution in [0.25, 0.3) is 11.4 Å². The molecule has 0 bridgehead atoms. The average molecular weight is 403 g/mol. The van der Waals surface area contributed by atoms with Crippen LogP contribution in [0.3, 0.4) is 0 Å². The van der Waals surface area contributed by atoms with Gasteiger partial charge in [-0.15, -0.1) is 10.2 Å². The molecule has 0 aliphatic carbocycles. The van der Waals surface area contributed by atoms with E-state index in [1.165, 1.54) is 22.0 Å². The second-order valence-electron chi connectivity index (χ2n) is 6.29. The number of thioether (sulfide) groups is 1. The fourth-order valence-corrected chi connectivity index (χ4v) is 3.86. The Morgan fingerprint density at radius 1 is 1.15 bits per heavy atom. The van der Waals surface area contributed by atoms with E-state index in [0.29, 0.717) is 46.5 Å². The van der Waals surface area contributed by atoms with Crippen LogP contribution in [-0.4, -0.2) is 28.1 Å². The molecule has 0 saturated heterocycles. The summed E-state index contributed by atoms with van der Waals surface area (Å²) in [7, 11) is 0. The second kappa shape index (κ2) is 7.70. The summed E-state index contributed by atoms with van der Waals surface area (Å²) in [6.45, 7) is 3.27. The summed E-state index contributed by atoms with van der Waals surface area (Å²) in [4.78, 5) is 0. The highest BCUT2D eigenvalue weighted by Gasteiger charge is 2.17. The van der Waals surface area contributed by atoms with Crippen LogP contribution in [0.1, 0.15) is 17.5 Å². The highest BCUT2D eigenvalue weighted by molar-refractivity contribution is 7.98. The summed E-state index contributed by atoms with van der Waals surface area (Å²) in [5.74, 6) is 8.77. The molecular formula is C19H19ClN4O2S. The Balaban J connectivity index is 1.52. The fraction of sp³-hybridized carbons (Fsp3) is 0.263. The van der Waals surface area contributed by atoms with Gasteiger partial charge in [-0.3, -0.25) is 0 Å². The van der Waals surface area contributed by atoms with Crippen LogP contribution in [0, 0.1) is 6.92 Å². The van der Waals surface area contributed by atoms with Crippen LogP contribution in [0.4, 0.5) is 0 Å². The van der Waals surface area contributed by atoms with Crippen molar-refractivity contribution in [1.29, 1.82) is 0 Å². The Labute approximate surface area is 166 Å². The van der Waals surface area contributed by atoms with Crippen LogP contribution in [-0.2, 0) is 5.75 Å². The molecule has 2 aromatic carbocycles. The molecule has 27 heavy (non-hydrogen) atoms. The van der Waals surface area contributed by atoms with E-state index in [4.69, 9.17) is 26.9 Å². The van der Waals surface area contributed by atoms with Crippen molar-refractivity contribution in [2.24, 2.45) is 0 Å². The average Bonchev–Trinajstić information content (AvgIpc) is 2.87. The van der Waals surface area contributed by atoms with Gasteiger partial charge in [-0.1, -0.05) is 53.2 Å². The van der Waals surface area contributed by atoms with E-state index >= 15 is 0 Å². The minimum atomic E-state index is 0.555. The van der Waals surface area contributed by atoms with Crippen LogP contribution < -0.4 is 15.3 Å². The maximum absolute atomic E-state index is 6.36. The zero-order valence-corrected chi connectivity index (χ0v) is 16.4. The Hall–Kier alpha value is -2.38. The molecule has 0 radical (unpaired) electrons. The van der Waals surface area contributed by atoms with Gasteiger partial charge in [0.2, 0.25) is 5.16 Å². The summed E-state index contributed by atoms with van der Waals surface area (Å²) in [6.07, 6.45) is 0.840. The fourth-order valence-electron chi connectivity index (χ4n) is 2.79. The van der Waals surface area contributed by atoms with Crippen molar-refractivity contribution in [2.45, 2.75) is 24.3 Å². The van der Waals surface area contributed by atoms with Gasteiger partial charge in [-0.2, -0.15) is 0 Å². The maximum Gasteiger partial charge on any atom is 0.210 e. The van der Waals surface area contributed by atoms with E-state index < -0.39 is 0 Å². The van der Waals surface area contributed by atoms with Crippen molar-refractivity contribution in [1.82, 2.24) is 14.9 Å². The molecule has 0 amide bonds. The van der Waals surface area contributed by atoms with Crippen molar-refractivity contribution in [3.63, 3.8) is 0 Å². The lowest BCUT2D eigenvalue weighted by molar-refractivity contribution is 0.297. The van der Waals surface area contributed by atoms with Crippen LogP contribution in [0.5, 0.6) is 11.5 Å². The first-order chi connectivity index (χ1) is 13.1. The lowest BCUT2D eigenvalue weighted by atomic mass is 10.1. The van der Waals surface area contributed by atoms with Gasteiger partial charge < -0.3 is 15.3 Å². The number of fused-ring (bicyclic) bond motifs is 1. The molecule has 8 heteroatoms. The smallest absolute Gasteiger partial charge is 0.210 e. The van der Waals surface area contributed by atoms with Gasteiger partial charge in [0.25, 0.3) is 0 Å². The molecule has 6 nitrogen and oxygen atoms in total. The first kappa shape index (κ1) is 18.0. The van der Waals surface area contributed by atoms with Gasteiger partial charge in [0.1, 0.15) is 0 Å². The number of halogens is 1. The minimum Gasteiger partial charge on any atom is -0.489 e. The third kappa shape index (κ3) is 3.84. The van der Waals surface area contributed by atoms with Gasteiger partial charge in [-0.25, -0.2) is 4.68 Å². The summed E-state index contributed by atoms with van der Waals surface area (Å²) < 4.78 is 12.9. The van der Waals surface area contributed by atoms with Gasteiger partial charge in [0.05, 0.1) is 18.2 Å². The highest BCUT2D eigenvalue weighted by atomic mass is 35.5. The molecule has 0 fully saturated rings. The normalized spacial score (nSPS) is 13.4. The van der Waals surface area contributed by atoms with Crippen LogP contribution in [0.15, 0.2) is 41.6 Å². The van der Waals surface area contributed by atoms with Crippen molar-refractivity contribution in [3.8, 4) is 22.9 Å². The topological polar surface area (TPSA) is 75.2 Å². The maximum atomic E-state index is 6.36. The largest absolute Gasteiger partial charge is 0.489 e. The van der Waals surface area contributed by atoms with E-state index in [9.17, 15) is 0 Å². The molecule has 1 aliphatic heterocycles. The lowest BCUT2D eigenvalue weighted by Crippen LogP contribution is -2.11. The SMILES string of the molecule is Cc1ccc(-c2nnc(SCc3cc(Cl)c4c(c3)OCCCO4)n2N)cc1. The molecule has 4 rings (SSSR count). The molecule has 1 aliphatic rings. The quantitative estimate of drug-likeness (QED) is 0.523. The van der Waals surface area contributed by atoms with Gasteiger partial charge in [-0.05, 0) is 24.6 Å². The number of aryl methyl sites for hydroxylation is 1. The highest BCUT2D eigenvalue weighted by Crippen LogP contribution is 2.39. The minimum absolute atomic E-state index is 0.555. The van der Waals surface area contributed by atoms with Crippen molar-refractivity contribution in [3.05, 3.63) is 52.5 Å². The number of ether oxygens (including phenoxy) is 2. The number of rotatable bonds is 4. The van der Waals surface area contributed by atoms with E-state index in [1.807, 2.05) is 43.3 Å². The summed E-state index contributed by atoms with van der Waals surface area (Å²) in [5, 5.41) is 9.63. The zero-order chi connectivity index (χ0) is 18.8. The third-order valence-electron chi connectivity index (χ3n) is 4.20. The first-order valence-corrected chi connectivity index (χ1v) is 9.96. The van der Waals surface area contributed by atoms with Gasteiger partial charge in [0, 0.05) is 17.7 Å². The number of aromatic nitrogens is 3. The molecule has 2 heterocycles. The molecule has 0 saturated carbocycles. The molecule has 3 aromatic rings. The van der Waals surface area contributed by atoms with Gasteiger partial charge in [0.15, 0.2) is 17.3 Å². The number of nitrogen functional groups attached to an aromatic ring is 1. The molecule has 140 valence electrons. The number of hydrogen-bond acceptors (Lipinski definition) is 6. The summed E-state index contributed by atoms with van der Waals surface area (Å²) in [6, 6.07) is 11.9. The Morgan fingerprint density at radius 2 is 1.93 bits per heavy atom. The number of benzene rings is 2. The van der Waals surface area contributed by atoms with Crippen molar-refractivity contribution in [2.75, 3.05) is 19.1 Å². The number of nitrogens with zero attached hydrogens (tertiary/aromatic N) is 3. The summed E-state index contributed by atoms with van der Waals surface area (Å²) in [5.41, 5.74) is 3.12. The van der Waals surface area contributed by atoms with E-state index in [0.717, 1.165) is 17.5 Å². The zero-order valence-electron chi connectivity index (χ0n) is 14.8. The number of nitrogens with two attached hydrogens (primary N) is 1. The molecule has 1 aromatic heterocycles. The Bertz CT molecular complexity index is 959. The predicted octanol–water partition coefficient (Wildman–Crippen LogP) is 4.07. The molecule has 0 spiro atoms. The van der Waals surface area contributed by atoms with Crippen LogP contribution in [0.2, 0.25) is 5.02 Å². The molecular weight excluding hydrogens is 384 g/mol. The molecule has 0 unspecified atom stereocenters. The molecule has 0 atom stereocenters. The van der Waals surface area contributed by atoms with Crippen molar-refractivity contribution >= 4 is 23.4 Å². The summed E-state index contributed by atoms with van der Waals surface area (Å²) >= 11 is 7.85. The Morgan fingerprint density at radius 3 is 2.74 bits per heavy atom. The van der Waals surface area contributed by atoms with E-state index in [1.54, 1.807) is 0 Å². The van der Waals surface area contributed by atoms with Crippen molar-refractivity contribution < 1.29 is 9.47 Å². The third-order valence-corrected chi connectivity index (χ3v) is 5.50. The second-order valence-corrected chi connectivity index (χ2v) is 7.64. The standard InChI is InChI=1S/C19H19ClN4O2S/c1-12-3-5-14(6-4-12)18-22-23-19(24(18)21)27-11-13-9-15(20)17-16(10-13)25-7-2-8-26-17/h3-6,9-10H,2,7-8,11,21H2,1H3. The van der Waals surface area contributed by atoms with Gasteiger partial charge >= 0.3 is 0 Å². The first-order valence-electron chi connectivity index (χ1n) is 8.60. The monoisotopic (exact) mass is 402 g/mol. The Kier molecular flexibility index (Phi) is 5.13. The number of hydrogen-bond donors (Lipinski definition) is 1. The molecule has 2 N–H and O–H groups in total. The predicted molar refractivity (Wildman–Crippen MR) is 107 cm³/mol. The lowest BCUT2D eigenvalue weighted by Gasteiger charge is -2.11. The van der Waals surface area contributed by atoms with E-state index in [-0.39, 0.29) is 0 Å². The van der Waals surface area contributed by atoms with E-state index in [2.05, 4.69) is 10.2 Å². The van der Waals surface area contributed by atoms with Crippen LogP contribution >= 0.6 is 23.4 Å².